The number of methoxy groups -OCH3 is 1. The van der Waals surface area contributed by atoms with Crippen molar-refractivity contribution in [1.82, 2.24) is 5.32 Å². The second kappa shape index (κ2) is 7.53. The third kappa shape index (κ3) is 4.41. The molecular weight excluding hydrogens is 250 g/mol. The Hall–Kier alpha value is -1.22. The number of nitrogens with one attached hydrogen (secondary N) is 1. The molecule has 1 saturated carbocycles. The molecule has 1 aliphatic rings. The van der Waals surface area contributed by atoms with Crippen molar-refractivity contribution in [3.63, 3.8) is 0 Å². The van der Waals surface area contributed by atoms with Gasteiger partial charge in [0.1, 0.15) is 0 Å². The summed E-state index contributed by atoms with van der Waals surface area (Å²) in [6.45, 7) is 5.98. The summed E-state index contributed by atoms with van der Waals surface area (Å²) in [5.74, 6) is 2.43. The van der Waals surface area contributed by atoms with Crippen molar-refractivity contribution in [2.24, 2.45) is 5.92 Å². The van der Waals surface area contributed by atoms with Crippen LogP contribution in [-0.2, 0) is 6.54 Å². The summed E-state index contributed by atoms with van der Waals surface area (Å²) in [6.07, 6.45) is 5.31. The minimum Gasteiger partial charge on any atom is -0.493 e. The van der Waals surface area contributed by atoms with Gasteiger partial charge in [-0.3, -0.25) is 0 Å². The molecule has 0 heterocycles. The van der Waals surface area contributed by atoms with Crippen molar-refractivity contribution in [2.45, 2.75) is 52.1 Å². The van der Waals surface area contributed by atoms with Gasteiger partial charge in [-0.2, -0.15) is 0 Å². The molecule has 0 bridgehead atoms. The number of rotatable bonds is 7. The van der Waals surface area contributed by atoms with Crippen LogP contribution >= 0.6 is 0 Å². The van der Waals surface area contributed by atoms with E-state index >= 15 is 0 Å². The van der Waals surface area contributed by atoms with Gasteiger partial charge in [0.25, 0.3) is 0 Å². The van der Waals surface area contributed by atoms with E-state index in [1.807, 2.05) is 6.07 Å². The Morgan fingerprint density at radius 1 is 1.20 bits per heavy atom. The molecule has 0 aliphatic heterocycles. The van der Waals surface area contributed by atoms with Crippen LogP contribution in [0.4, 0.5) is 0 Å². The van der Waals surface area contributed by atoms with E-state index in [1.165, 1.54) is 31.2 Å². The maximum absolute atomic E-state index is 5.95. The van der Waals surface area contributed by atoms with E-state index in [4.69, 9.17) is 9.47 Å². The molecule has 0 saturated heterocycles. The zero-order chi connectivity index (χ0) is 14.4. The van der Waals surface area contributed by atoms with Crippen molar-refractivity contribution in [3.05, 3.63) is 23.8 Å². The lowest BCUT2D eigenvalue weighted by Gasteiger charge is -2.15. The number of ether oxygens (including phenoxy) is 2. The molecule has 1 aromatic carbocycles. The molecule has 0 spiro atoms. The van der Waals surface area contributed by atoms with Crippen LogP contribution in [0, 0.1) is 5.92 Å². The Morgan fingerprint density at radius 3 is 2.60 bits per heavy atom. The molecule has 0 unspecified atom stereocenters. The van der Waals surface area contributed by atoms with Gasteiger partial charge in [0.2, 0.25) is 0 Å². The van der Waals surface area contributed by atoms with Gasteiger partial charge in [-0.1, -0.05) is 32.8 Å². The summed E-state index contributed by atoms with van der Waals surface area (Å²) < 4.78 is 11.4. The lowest BCUT2D eigenvalue weighted by atomic mass is 10.1. The fraction of sp³-hybridized carbons (Fsp3) is 0.647. The van der Waals surface area contributed by atoms with Crippen molar-refractivity contribution < 1.29 is 9.47 Å². The molecule has 1 N–H and O–H groups in total. The van der Waals surface area contributed by atoms with E-state index in [0.717, 1.165) is 30.6 Å². The van der Waals surface area contributed by atoms with Crippen molar-refractivity contribution in [2.75, 3.05) is 13.7 Å². The number of benzene rings is 1. The standard InChI is InChI=1S/C17H27NO2/c1-13(2)18-11-15-8-9-16(17(10-15)19-3)20-12-14-6-4-5-7-14/h8-10,13-14,18H,4-7,11-12H2,1-3H3. The van der Waals surface area contributed by atoms with Gasteiger partial charge in [0.05, 0.1) is 13.7 Å². The normalized spacial score (nSPS) is 15.8. The molecule has 3 nitrogen and oxygen atoms in total. The van der Waals surface area contributed by atoms with E-state index in [0.29, 0.717) is 6.04 Å². The highest BCUT2D eigenvalue weighted by Gasteiger charge is 2.16. The summed E-state index contributed by atoms with van der Waals surface area (Å²) in [6, 6.07) is 6.70. The van der Waals surface area contributed by atoms with Crippen molar-refractivity contribution in [1.29, 1.82) is 0 Å². The predicted molar refractivity (Wildman–Crippen MR) is 82.4 cm³/mol. The van der Waals surface area contributed by atoms with Crippen LogP contribution in [0.1, 0.15) is 45.1 Å². The van der Waals surface area contributed by atoms with Crippen LogP contribution in [0.25, 0.3) is 0 Å². The summed E-state index contributed by atoms with van der Waals surface area (Å²) in [7, 11) is 1.71. The van der Waals surface area contributed by atoms with Gasteiger partial charge in [0, 0.05) is 12.6 Å². The highest BCUT2D eigenvalue weighted by atomic mass is 16.5. The van der Waals surface area contributed by atoms with Gasteiger partial charge in [-0.25, -0.2) is 0 Å². The lowest BCUT2D eigenvalue weighted by molar-refractivity contribution is 0.240. The Labute approximate surface area is 122 Å². The fourth-order valence-electron chi connectivity index (χ4n) is 2.65. The monoisotopic (exact) mass is 277 g/mol. The predicted octanol–water partition coefficient (Wildman–Crippen LogP) is 3.76. The SMILES string of the molecule is COc1cc(CNC(C)C)ccc1OCC1CCCC1. The van der Waals surface area contributed by atoms with Gasteiger partial charge < -0.3 is 14.8 Å². The van der Waals surface area contributed by atoms with E-state index in [2.05, 4.69) is 31.3 Å². The van der Waals surface area contributed by atoms with Crippen LogP contribution in [0.2, 0.25) is 0 Å². The Kier molecular flexibility index (Phi) is 5.72. The maximum Gasteiger partial charge on any atom is 0.161 e. The largest absolute Gasteiger partial charge is 0.493 e. The molecule has 1 aliphatic carbocycles. The molecule has 0 radical (unpaired) electrons. The first-order chi connectivity index (χ1) is 9.69. The zero-order valence-corrected chi connectivity index (χ0v) is 12.9. The van der Waals surface area contributed by atoms with Crippen LogP contribution in [0.3, 0.4) is 0 Å². The molecule has 0 aromatic heterocycles. The van der Waals surface area contributed by atoms with Crippen molar-refractivity contribution in [3.8, 4) is 11.5 Å². The topological polar surface area (TPSA) is 30.5 Å². The Balaban J connectivity index is 1.94. The minimum absolute atomic E-state index is 0.485. The quantitative estimate of drug-likeness (QED) is 0.823. The molecule has 112 valence electrons. The van der Waals surface area contributed by atoms with E-state index < -0.39 is 0 Å². The van der Waals surface area contributed by atoms with Crippen LogP contribution in [-0.4, -0.2) is 19.8 Å². The molecular formula is C17H27NO2. The summed E-state index contributed by atoms with van der Waals surface area (Å²) in [5.41, 5.74) is 1.23. The van der Waals surface area contributed by atoms with Gasteiger partial charge in [-0.15, -0.1) is 0 Å². The van der Waals surface area contributed by atoms with E-state index in [9.17, 15) is 0 Å². The maximum atomic E-state index is 5.95. The van der Waals surface area contributed by atoms with Crippen LogP contribution < -0.4 is 14.8 Å². The first-order valence-corrected chi connectivity index (χ1v) is 7.72. The van der Waals surface area contributed by atoms with Crippen LogP contribution in [0.15, 0.2) is 18.2 Å². The average molecular weight is 277 g/mol. The molecule has 0 amide bonds. The Bertz CT molecular complexity index is 411. The van der Waals surface area contributed by atoms with Crippen molar-refractivity contribution >= 4 is 0 Å². The first-order valence-electron chi connectivity index (χ1n) is 7.72. The third-order valence-corrected chi connectivity index (χ3v) is 3.89. The highest BCUT2D eigenvalue weighted by molar-refractivity contribution is 5.43. The summed E-state index contributed by atoms with van der Waals surface area (Å²) >= 11 is 0. The molecule has 1 fully saturated rings. The zero-order valence-electron chi connectivity index (χ0n) is 12.9. The molecule has 1 aromatic rings. The average Bonchev–Trinajstić information content (AvgIpc) is 2.96. The first kappa shape index (κ1) is 15.2. The van der Waals surface area contributed by atoms with Gasteiger partial charge in [0.15, 0.2) is 11.5 Å². The third-order valence-electron chi connectivity index (χ3n) is 3.89. The summed E-state index contributed by atoms with van der Waals surface area (Å²) in [5, 5.41) is 3.41. The molecule has 0 atom stereocenters. The van der Waals surface area contributed by atoms with Gasteiger partial charge >= 0.3 is 0 Å². The minimum atomic E-state index is 0.485. The molecule has 2 rings (SSSR count). The lowest BCUT2D eigenvalue weighted by Crippen LogP contribution is -2.21. The van der Waals surface area contributed by atoms with Crippen LogP contribution in [0.5, 0.6) is 11.5 Å². The summed E-state index contributed by atoms with van der Waals surface area (Å²) in [4.78, 5) is 0. The smallest absolute Gasteiger partial charge is 0.161 e. The van der Waals surface area contributed by atoms with E-state index in [-0.39, 0.29) is 0 Å². The van der Waals surface area contributed by atoms with Gasteiger partial charge in [-0.05, 0) is 36.5 Å². The highest BCUT2D eigenvalue weighted by Crippen LogP contribution is 2.31. The molecule has 3 heteroatoms. The number of hydrogen-bond donors (Lipinski definition) is 1. The molecule has 20 heavy (non-hydrogen) atoms. The Morgan fingerprint density at radius 2 is 1.95 bits per heavy atom. The number of hydrogen-bond acceptors (Lipinski definition) is 3. The second-order valence-corrected chi connectivity index (χ2v) is 5.98. The van der Waals surface area contributed by atoms with E-state index in [1.54, 1.807) is 7.11 Å². The second-order valence-electron chi connectivity index (χ2n) is 5.98. The fourth-order valence-corrected chi connectivity index (χ4v) is 2.65.